The Morgan fingerprint density at radius 2 is 2.33 bits per heavy atom. The molecule has 0 amide bonds. The van der Waals surface area contributed by atoms with E-state index in [1.54, 1.807) is 6.07 Å². The monoisotopic (exact) mass is 251 g/mol. The number of non-ortho nitro benzene ring substituents is 1. The Morgan fingerprint density at radius 3 is 2.89 bits per heavy atom. The van der Waals surface area contributed by atoms with Crippen LogP contribution in [-0.2, 0) is 0 Å². The highest BCUT2D eigenvalue weighted by molar-refractivity contribution is 5.58. The van der Waals surface area contributed by atoms with E-state index in [1.165, 1.54) is 6.07 Å². The zero-order valence-electron chi connectivity index (χ0n) is 10.3. The molecule has 0 spiro atoms. The zero-order valence-corrected chi connectivity index (χ0v) is 10.3. The van der Waals surface area contributed by atoms with Crippen LogP contribution in [0.15, 0.2) is 18.2 Å². The zero-order chi connectivity index (χ0) is 13.1. The number of nitro benzene ring substituents is 1. The molecule has 0 radical (unpaired) electrons. The number of hydrogen-bond acceptors (Lipinski definition) is 5. The Balaban J connectivity index is 2.30. The van der Waals surface area contributed by atoms with E-state index in [2.05, 4.69) is 4.90 Å². The molecule has 0 aromatic heterocycles. The maximum Gasteiger partial charge on any atom is 0.275 e. The van der Waals surface area contributed by atoms with Crippen molar-refractivity contribution < 1.29 is 9.66 Å². The van der Waals surface area contributed by atoms with Gasteiger partial charge in [-0.3, -0.25) is 10.1 Å². The topological polar surface area (TPSA) is 81.6 Å². The molecule has 1 saturated heterocycles. The number of rotatable bonds is 4. The van der Waals surface area contributed by atoms with Crippen LogP contribution in [0.4, 0.5) is 11.4 Å². The molecule has 2 N–H and O–H groups in total. The molecule has 6 nitrogen and oxygen atoms in total. The molecule has 18 heavy (non-hydrogen) atoms. The van der Waals surface area contributed by atoms with Gasteiger partial charge in [0.05, 0.1) is 17.6 Å². The lowest BCUT2D eigenvalue weighted by atomic mass is 10.2. The molecule has 0 bridgehead atoms. The summed E-state index contributed by atoms with van der Waals surface area (Å²) in [4.78, 5) is 12.6. The SMILES string of the molecule is CCOc1cc(N2CCC(N)C2)cc([N+](=O)[O-])c1. The van der Waals surface area contributed by atoms with Crippen molar-refractivity contribution in [2.45, 2.75) is 19.4 Å². The highest BCUT2D eigenvalue weighted by Crippen LogP contribution is 2.30. The fourth-order valence-electron chi connectivity index (χ4n) is 2.13. The predicted molar refractivity (Wildman–Crippen MR) is 69.1 cm³/mol. The third-order valence-electron chi connectivity index (χ3n) is 2.99. The van der Waals surface area contributed by atoms with Gasteiger partial charge in [0.1, 0.15) is 5.75 Å². The van der Waals surface area contributed by atoms with Crippen molar-refractivity contribution in [3.63, 3.8) is 0 Å². The van der Waals surface area contributed by atoms with E-state index in [0.717, 1.165) is 25.2 Å². The fraction of sp³-hybridized carbons (Fsp3) is 0.500. The van der Waals surface area contributed by atoms with Gasteiger partial charge in [-0.25, -0.2) is 0 Å². The smallest absolute Gasteiger partial charge is 0.275 e. The average Bonchev–Trinajstić information content (AvgIpc) is 2.76. The second kappa shape index (κ2) is 5.22. The summed E-state index contributed by atoms with van der Waals surface area (Å²) in [5.41, 5.74) is 6.71. The minimum atomic E-state index is -0.401. The maximum atomic E-state index is 10.9. The van der Waals surface area contributed by atoms with E-state index in [0.29, 0.717) is 12.4 Å². The molecular weight excluding hydrogens is 234 g/mol. The molecule has 1 heterocycles. The Bertz CT molecular complexity index is 450. The lowest BCUT2D eigenvalue weighted by Gasteiger charge is -2.18. The van der Waals surface area contributed by atoms with Gasteiger partial charge < -0.3 is 15.4 Å². The average molecular weight is 251 g/mol. The lowest BCUT2D eigenvalue weighted by Crippen LogP contribution is -2.26. The van der Waals surface area contributed by atoms with Crippen LogP contribution in [0.5, 0.6) is 5.75 Å². The van der Waals surface area contributed by atoms with Crippen molar-refractivity contribution in [2.75, 3.05) is 24.6 Å². The predicted octanol–water partition coefficient (Wildman–Crippen LogP) is 1.53. The van der Waals surface area contributed by atoms with Crippen molar-refractivity contribution in [1.29, 1.82) is 0 Å². The van der Waals surface area contributed by atoms with Crippen LogP contribution in [0.1, 0.15) is 13.3 Å². The van der Waals surface area contributed by atoms with Gasteiger partial charge in [0, 0.05) is 37.0 Å². The number of benzene rings is 1. The Morgan fingerprint density at radius 1 is 1.56 bits per heavy atom. The molecule has 2 rings (SSSR count). The minimum absolute atomic E-state index is 0.0522. The van der Waals surface area contributed by atoms with E-state index in [1.807, 2.05) is 13.0 Å². The summed E-state index contributed by atoms with van der Waals surface area (Å²) in [6.07, 6.45) is 0.909. The van der Waals surface area contributed by atoms with Crippen LogP contribution in [0.25, 0.3) is 0 Å². The van der Waals surface area contributed by atoms with Crippen molar-refractivity contribution in [3.05, 3.63) is 28.3 Å². The van der Waals surface area contributed by atoms with Gasteiger partial charge in [-0.05, 0) is 13.3 Å². The first-order valence-electron chi connectivity index (χ1n) is 6.03. The first-order valence-corrected chi connectivity index (χ1v) is 6.03. The first kappa shape index (κ1) is 12.6. The number of ether oxygens (including phenoxy) is 1. The molecule has 98 valence electrons. The lowest BCUT2D eigenvalue weighted by molar-refractivity contribution is -0.384. The molecular formula is C12H17N3O3. The normalized spacial score (nSPS) is 19.0. The Hall–Kier alpha value is -1.82. The van der Waals surface area contributed by atoms with Gasteiger partial charge in [-0.1, -0.05) is 0 Å². The highest BCUT2D eigenvalue weighted by Gasteiger charge is 2.22. The third-order valence-corrected chi connectivity index (χ3v) is 2.99. The van der Waals surface area contributed by atoms with E-state index in [9.17, 15) is 10.1 Å². The van der Waals surface area contributed by atoms with E-state index in [-0.39, 0.29) is 11.7 Å². The summed E-state index contributed by atoms with van der Waals surface area (Å²) >= 11 is 0. The van der Waals surface area contributed by atoms with Crippen LogP contribution < -0.4 is 15.4 Å². The quantitative estimate of drug-likeness (QED) is 0.648. The van der Waals surface area contributed by atoms with Gasteiger partial charge in [0.15, 0.2) is 0 Å². The molecule has 1 aliphatic rings. The van der Waals surface area contributed by atoms with E-state index in [4.69, 9.17) is 10.5 Å². The fourth-order valence-corrected chi connectivity index (χ4v) is 2.13. The van der Waals surface area contributed by atoms with Crippen molar-refractivity contribution in [1.82, 2.24) is 0 Å². The summed E-state index contributed by atoms with van der Waals surface area (Å²) < 4.78 is 5.36. The van der Waals surface area contributed by atoms with Gasteiger partial charge >= 0.3 is 0 Å². The number of nitrogens with zero attached hydrogens (tertiary/aromatic N) is 2. The van der Waals surface area contributed by atoms with Crippen LogP contribution in [0, 0.1) is 10.1 Å². The van der Waals surface area contributed by atoms with E-state index >= 15 is 0 Å². The van der Waals surface area contributed by atoms with Gasteiger partial charge in [-0.15, -0.1) is 0 Å². The first-order chi connectivity index (χ1) is 8.60. The molecule has 1 fully saturated rings. The van der Waals surface area contributed by atoms with Crippen LogP contribution >= 0.6 is 0 Å². The summed E-state index contributed by atoms with van der Waals surface area (Å²) in [5.74, 6) is 0.530. The largest absolute Gasteiger partial charge is 0.494 e. The Labute approximate surface area is 105 Å². The molecule has 1 aromatic rings. The van der Waals surface area contributed by atoms with Crippen molar-refractivity contribution >= 4 is 11.4 Å². The summed E-state index contributed by atoms with van der Waals surface area (Å²) in [6.45, 7) is 3.89. The van der Waals surface area contributed by atoms with Crippen molar-refractivity contribution in [2.24, 2.45) is 5.73 Å². The Kier molecular flexibility index (Phi) is 3.66. The second-order valence-electron chi connectivity index (χ2n) is 4.37. The minimum Gasteiger partial charge on any atom is -0.494 e. The van der Waals surface area contributed by atoms with Crippen LogP contribution in [-0.4, -0.2) is 30.7 Å². The van der Waals surface area contributed by atoms with Crippen LogP contribution in [0.3, 0.4) is 0 Å². The van der Waals surface area contributed by atoms with Gasteiger partial charge in [0.25, 0.3) is 5.69 Å². The maximum absolute atomic E-state index is 10.9. The molecule has 0 saturated carbocycles. The molecule has 6 heteroatoms. The molecule has 0 aliphatic carbocycles. The second-order valence-corrected chi connectivity index (χ2v) is 4.37. The molecule has 1 aliphatic heterocycles. The third kappa shape index (κ3) is 2.70. The molecule has 1 unspecified atom stereocenters. The number of anilines is 1. The summed E-state index contributed by atoms with van der Waals surface area (Å²) in [5, 5.41) is 10.9. The van der Waals surface area contributed by atoms with Crippen LogP contribution in [0.2, 0.25) is 0 Å². The van der Waals surface area contributed by atoms with E-state index < -0.39 is 4.92 Å². The standard InChI is InChI=1S/C12H17N3O3/c1-2-18-12-6-10(5-11(7-12)15(16)17)14-4-3-9(13)8-14/h5-7,9H,2-4,8,13H2,1H3. The number of nitrogens with two attached hydrogens (primary N) is 1. The number of hydrogen-bond donors (Lipinski definition) is 1. The molecule has 1 atom stereocenters. The summed E-state index contributed by atoms with van der Waals surface area (Å²) in [6, 6.07) is 4.98. The van der Waals surface area contributed by atoms with Gasteiger partial charge in [0.2, 0.25) is 0 Å². The van der Waals surface area contributed by atoms with Crippen molar-refractivity contribution in [3.8, 4) is 5.75 Å². The highest BCUT2D eigenvalue weighted by atomic mass is 16.6. The molecule has 1 aromatic carbocycles. The summed E-state index contributed by atoms with van der Waals surface area (Å²) in [7, 11) is 0. The van der Waals surface area contributed by atoms with Gasteiger partial charge in [-0.2, -0.15) is 0 Å². The number of nitro groups is 1.